The highest BCUT2D eigenvalue weighted by molar-refractivity contribution is 7.20. The third-order valence-electron chi connectivity index (χ3n) is 3.07. The minimum Gasteiger partial charge on any atom is -0.284 e. The number of amides is 1. The first-order valence-electron chi connectivity index (χ1n) is 6.74. The van der Waals surface area contributed by atoms with Crippen molar-refractivity contribution in [3.63, 3.8) is 0 Å². The molecule has 0 saturated heterocycles. The van der Waals surface area contributed by atoms with E-state index in [2.05, 4.69) is 20.8 Å². The van der Waals surface area contributed by atoms with Gasteiger partial charge in [-0.15, -0.1) is 11.3 Å². The summed E-state index contributed by atoms with van der Waals surface area (Å²) in [6, 6.07) is 8.13. The fourth-order valence-corrected chi connectivity index (χ4v) is 3.22. The van der Waals surface area contributed by atoms with Crippen LogP contribution in [-0.4, -0.2) is 24.0 Å². The van der Waals surface area contributed by atoms with Crippen LogP contribution < -0.4 is 10.9 Å². The molecule has 2 N–H and O–H groups in total. The summed E-state index contributed by atoms with van der Waals surface area (Å²) in [6.07, 6.45) is 0. The molecule has 8 heteroatoms. The van der Waals surface area contributed by atoms with Crippen LogP contribution in [0.3, 0.4) is 0 Å². The van der Waals surface area contributed by atoms with Crippen LogP contribution in [0.15, 0.2) is 40.3 Å². The van der Waals surface area contributed by atoms with Gasteiger partial charge in [0.2, 0.25) is 5.91 Å². The average molecular weight is 351 g/mol. The van der Waals surface area contributed by atoms with Crippen molar-refractivity contribution in [3.05, 3.63) is 51.6 Å². The summed E-state index contributed by atoms with van der Waals surface area (Å²) >= 11 is 7.35. The summed E-state index contributed by atoms with van der Waals surface area (Å²) in [5.74, 6) is -0.163. The Bertz CT molecular complexity index is 831. The first-order valence-corrected chi connectivity index (χ1v) is 7.93. The Labute approximate surface area is 140 Å². The number of amidine groups is 1. The minimum absolute atomic E-state index is 0.183. The van der Waals surface area contributed by atoms with E-state index in [1.807, 2.05) is 0 Å². The van der Waals surface area contributed by atoms with E-state index in [1.54, 1.807) is 24.3 Å². The highest BCUT2D eigenvalue weighted by Gasteiger charge is 2.21. The van der Waals surface area contributed by atoms with Crippen molar-refractivity contribution in [1.82, 2.24) is 10.9 Å². The van der Waals surface area contributed by atoms with Gasteiger partial charge in [0.25, 0.3) is 0 Å². The number of benzene rings is 1. The number of hydrogen-bond donors (Lipinski definition) is 2. The van der Waals surface area contributed by atoms with Gasteiger partial charge in [0.1, 0.15) is 16.7 Å². The Morgan fingerprint density at radius 1 is 1.35 bits per heavy atom. The first kappa shape index (κ1) is 15.6. The molecular weight excluding hydrogens is 339 g/mol. The topological polar surface area (TPSA) is 65.8 Å². The standard InChI is InChI=1S/C15H12ClFN4OS/c1-8(22)20-21-13-7-18-14(9-4-2-3-5-11(9)17)10-6-12(16)23-15(10)19-13/h2-6H,7H2,1H3,(H,19,21)(H,20,22). The Hall–Kier alpha value is -2.25. The van der Waals surface area contributed by atoms with Gasteiger partial charge in [0.05, 0.1) is 16.6 Å². The highest BCUT2D eigenvalue weighted by atomic mass is 35.5. The van der Waals surface area contributed by atoms with Crippen LogP contribution in [0.4, 0.5) is 9.39 Å². The van der Waals surface area contributed by atoms with Crippen LogP contribution >= 0.6 is 22.9 Å². The van der Waals surface area contributed by atoms with E-state index in [-0.39, 0.29) is 18.3 Å². The summed E-state index contributed by atoms with van der Waals surface area (Å²) in [7, 11) is 0. The number of nitrogens with one attached hydrogen (secondary N) is 2. The second kappa shape index (κ2) is 6.47. The Morgan fingerprint density at radius 2 is 2.13 bits per heavy atom. The number of halogens is 2. The zero-order valence-corrected chi connectivity index (χ0v) is 13.6. The van der Waals surface area contributed by atoms with Gasteiger partial charge < -0.3 is 0 Å². The molecule has 0 saturated carbocycles. The molecule has 23 heavy (non-hydrogen) atoms. The summed E-state index contributed by atoms with van der Waals surface area (Å²) in [5, 5.41) is 0.613. The fourth-order valence-electron chi connectivity index (χ4n) is 2.11. The maximum atomic E-state index is 14.1. The largest absolute Gasteiger partial charge is 0.284 e. The van der Waals surface area contributed by atoms with Gasteiger partial charge in [-0.1, -0.05) is 23.7 Å². The molecule has 1 aromatic carbocycles. The maximum absolute atomic E-state index is 14.1. The Morgan fingerprint density at radius 3 is 2.87 bits per heavy atom. The van der Waals surface area contributed by atoms with Crippen LogP contribution in [0.5, 0.6) is 0 Å². The van der Waals surface area contributed by atoms with Crippen molar-refractivity contribution < 1.29 is 9.18 Å². The summed E-state index contributed by atoms with van der Waals surface area (Å²) in [4.78, 5) is 19.9. The normalized spacial score (nSPS) is 13.5. The second-order valence-corrected chi connectivity index (χ2v) is 6.44. The van der Waals surface area contributed by atoms with Crippen molar-refractivity contribution in [2.45, 2.75) is 6.92 Å². The molecule has 1 aliphatic rings. The van der Waals surface area contributed by atoms with Gasteiger partial charge in [0, 0.05) is 18.1 Å². The molecular formula is C15H12ClFN4OS. The summed E-state index contributed by atoms with van der Waals surface area (Å²) < 4.78 is 14.7. The molecule has 0 unspecified atom stereocenters. The van der Waals surface area contributed by atoms with Crippen molar-refractivity contribution in [2.24, 2.45) is 9.98 Å². The number of nitrogens with zero attached hydrogens (tertiary/aromatic N) is 2. The molecule has 0 fully saturated rings. The van der Waals surface area contributed by atoms with Crippen molar-refractivity contribution in [2.75, 3.05) is 6.54 Å². The predicted octanol–water partition coefficient (Wildman–Crippen LogP) is 3.06. The molecule has 0 spiro atoms. The quantitative estimate of drug-likeness (QED) is 0.776. The lowest BCUT2D eigenvalue weighted by molar-refractivity contribution is -0.119. The van der Waals surface area contributed by atoms with Gasteiger partial charge in [-0.2, -0.15) is 0 Å². The lowest BCUT2D eigenvalue weighted by Gasteiger charge is -2.07. The minimum atomic E-state index is -0.363. The second-order valence-electron chi connectivity index (χ2n) is 4.78. The zero-order valence-electron chi connectivity index (χ0n) is 12.1. The van der Waals surface area contributed by atoms with Crippen molar-refractivity contribution >= 4 is 45.4 Å². The van der Waals surface area contributed by atoms with Crippen LogP contribution in [0.25, 0.3) is 0 Å². The number of fused-ring (bicyclic) bond motifs is 1. The van der Waals surface area contributed by atoms with E-state index in [4.69, 9.17) is 11.6 Å². The zero-order chi connectivity index (χ0) is 16.4. The number of carbonyl (C=O) groups is 1. The molecule has 1 aliphatic heterocycles. The third kappa shape index (κ3) is 3.40. The third-order valence-corrected chi connectivity index (χ3v) is 4.23. The number of hydrogen-bond acceptors (Lipinski definition) is 5. The molecule has 0 atom stereocenters. The van der Waals surface area contributed by atoms with Gasteiger partial charge in [-0.05, 0) is 18.2 Å². The maximum Gasteiger partial charge on any atom is 0.235 e. The SMILES string of the molecule is CC(=O)NNC1=Nc2sc(Cl)cc2C(c2ccccc2F)=NC1. The number of hydrazine groups is 1. The number of aliphatic imine (C=N–C) groups is 2. The van der Waals surface area contributed by atoms with E-state index in [1.165, 1.54) is 24.3 Å². The van der Waals surface area contributed by atoms with E-state index in [9.17, 15) is 9.18 Å². The monoisotopic (exact) mass is 350 g/mol. The molecule has 0 radical (unpaired) electrons. The summed E-state index contributed by atoms with van der Waals surface area (Å²) in [5.41, 5.74) is 6.72. The molecule has 0 aliphatic carbocycles. The number of thiophene rings is 1. The van der Waals surface area contributed by atoms with E-state index >= 15 is 0 Å². The molecule has 3 rings (SSSR count). The molecule has 5 nitrogen and oxygen atoms in total. The molecule has 2 aromatic rings. The molecule has 2 heterocycles. The molecule has 1 amide bonds. The van der Waals surface area contributed by atoms with Gasteiger partial charge in [-0.3, -0.25) is 20.6 Å². The van der Waals surface area contributed by atoms with Crippen molar-refractivity contribution in [3.8, 4) is 0 Å². The fraction of sp³-hybridized carbons (Fsp3) is 0.133. The van der Waals surface area contributed by atoms with Crippen molar-refractivity contribution in [1.29, 1.82) is 0 Å². The first-order chi connectivity index (χ1) is 11.0. The van der Waals surface area contributed by atoms with Gasteiger partial charge in [-0.25, -0.2) is 9.38 Å². The number of rotatable bonds is 1. The van der Waals surface area contributed by atoms with Crippen LogP contribution in [0, 0.1) is 5.82 Å². The lowest BCUT2D eigenvalue weighted by atomic mass is 10.0. The van der Waals surface area contributed by atoms with Gasteiger partial charge in [0.15, 0.2) is 0 Å². The average Bonchev–Trinajstić information content (AvgIpc) is 2.78. The van der Waals surface area contributed by atoms with E-state index < -0.39 is 0 Å². The summed E-state index contributed by atoms with van der Waals surface area (Å²) in [6.45, 7) is 1.56. The Balaban J connectivity index is 2.04. The van der Waals surface area contributed by atoms with E-state index in [0.29, 0.717) is 32.0 Å². The Kier molecular flexibility index (Phi) is 4.40. The number of carbonyl (C=O) groups excluding carboxylic acids is 1. The lowest BCUT2D eigenvalue weighted by Crippen LogP contribution is -2.41. The molecule has 0 bridgehead atoms. The van der Waals surface area contributed by atoms with Crippen LogP contribution in [0.1, 0.15) is 18.1 Å². The highest BCUT2D eigenvalue weighted by Crippen LogP contribution is 2.37. The molecule has 118 valence electrons. The van der Waals surface area contributed by atoms with Crippen LogP contribution in [0.2, 0.25) is 4.34 Å². The smallest absolute Gasteiger partial charge is 0.235 e. The molecule has 1 aromatic heterocycles. The predicted molar refractivity (Wildman–Crippen MR) is 90.3 cm³/mol. The van der Waals surface area contributed by atoms with Gasteiger partial charge >= 0.3 is 0 Å². The van der Waals surface area contributed by atoms with E-state index in [0.717, 1.165) is 0 Å². The van der Waals surface area contributed by atoms with Crippen LogP contribution in [-0.2, 0) is 4.79 Å².